The minimum absolute atomic E-state index is 0.323. The lowest BCUT2D eigenvalue weighted by molar-refractivity contribution is -0.161. The Bertz CT molecular complexity index is 412. The molecule has 0 bridgehead atoms. The summed E-state index contributed by atoms with van der Waals surface area (Å²) in [6, 6.07) is 0. The summed E-state index contributed by atoms with van der Waals surface area (Å²) in [5, 5.41) is 0. The third kappa shape index (κ3) is 1.95. The molecule has 7 heteroatoms. The molecule has 0 aromatic carbocycles. The Labute approximate surface area is 119 Å². The maximum Gasteiger partial charge on any atom is 0.462 e. The summed E-state index contributed by atoms with van der Waals surface area (Å²) in [6.45, 7) is 7.70. The number of hydrogen-bond acceptors (Lipinski definition) is 6. The Balaban J connectivity index is 2.21. The third-order valence-corrected chi connectivity index (χ3v) is 4.71. The second-order valence-electron chi connectivity index (χ2n) is 6.39. The summed E-state index contributed by atoms with van der Waals surface area (Å²) in [5.74, 6) is -1.56. The minimum atomic E-state index is -1.29. The lowest BCUT2D eigenvalue weighted by atomic mass is 9.76. The summed E-state index contributed by atoms with van der Waals surface area (Å²) in [4.78, 5) is 23.9. The zero-order chi connectivity index (χ0) is 15.3. The van der Waals surface area contributed by atoms with Gasteiger partial charge in [-0.05, 0) is 34.1 Å². The number of esters is 2. The fourth-order valence-electron chi connectivity index (χ4n) is 2.59. The number of rotatable bonds is 3. The molecule has 112 valence electrons. The Morgan fingerprint density at radius 1 is 1.00 bits per heavy atom. The van der Waals surface area contributed by atoms with E-state index in [0.29, 0.717) is 6.42 Å². The molecule has 1 atom stereocenters. The molecule has 2 aliphatic rings. The number of carbonyl (C=O) groups excluding carboxylic acids is 2. The molecule has 0 N–H and O–H groups in total. The Morgan fingerprint density at radius 3 is 1.75 bits per heavy atom. The number of hydrogen-bond donors (Lipinski definition) is 0. The molecule has 2 fully saturated rings. The Morgan fingerprint density at radius 2 is 1.40 bits per heavy atom. The molecule has 20 heavy (non-hydrogen) atoms. The molecule has 1 saturated heterocycles. The van der Waals surface area contributed by atoms with Gasteiger partial charge in [0, 0.05) is 5.82 Å². The predicted octanol–water partition coefficient (Wildman–Crippen LogP) is 1.18. The fraction of sp³-hybridized carbons (Fsp3) is 0.846. The van der Waals surface area contributed by atoms with Gasteiger partial charge in [0.25, 0.3) is 0 Å². The van der Waals surface area contributed by atoms with Gasteiger partial charge in [0.15, 0.2) is 5.41 Å². The second-order valence-corrected chi connectivity index (χ2v) is 6.39. The molecule has 1 aliphatic heterocycles. The van der Waals surface area contributed by atoms with E-state index in [-0.39, 0.29) is 5.82 Å². The van der Waals surface area contributed by atoms with Crippen LogP contribution in [0.25, 0.3) is 0 Å². The molecule has 1 aliphatic carbocycles. The van der Waals surface area contributed by atoms with Crippen molar-refractivity contribution in [1.82, 2.24) is 0 Å². The molecular formula is C13H21BO6. The zero-order valence-electron chi connectivity index (χ0n) is 12.8. The van der Waals surface area contributed by atoms with Crippen molar-refractivity contribution in [2.75, 3.05) is 14.2 Å². The van der Waals surface area contributed by atoms with Crippen molar-refractivity contribution in [2.45, 2.75) is 51.1 Å². The molecule has 0 amide bonds. The van der Waals surface area contributed by atoms with E-state index in [2.05, 4.69) is 0 Å². The molecular weight excluding hydrogens is 263 g/mol. The van der Waals surface area contributed by atoms with Gasteiger partial charge in [0.1, 0.15) is 0 Å². The molecule has 6 nitrogen and oxygen atoms in total. The quantitative estimate of drug-likeness (QED) is 0.440. The van der Waals surface area contributed by atoms with Crippen LogP contribution in [0.2, 0.25) is 5.82 Å². The highest BCUT2D eigenvalue weighted by Gasteiger charge is 2.75. The molecule has 1 heterocycles. The lowest BCUT2D eigenvalue weighted by Gasteiger charge is -2.32. The van der Waals surface area contributed by atoms with Crippen molar-refractivity contribution in [3.05, 3.63) is 0 Å². The SMILES string of the molecule is COC(=O)C1(C(=O)OC)C[C@@H]1B1OC(C)(C)C(C)(C)O1. The normalized spacial score (nSPS) is 28.9. The van der Waals surface area contributed by atoms with E-state index in [0.717, 1.165) is 0 Å². The van der Waals surface area contributed by atoms with Gasteiger partial charge in [-0.15, -0.1) is 0 Å². The third-order valence-electron chi connectivity index (χ3n) is 4.71. The van der Waals surface area contributed by atoms with Crippen molar-refractivity contribution >= 4 is 19.1 Å². The van der Waals surface area contributed by atoms with Crippen LogP contribution in [0.1, 0.15) is 34.1 Å². The largest absolute Gasteiger partial charge is 0.468 e. The van der Waals surface area contributed by atoms with Crippen LogP contribution in [0.5, 0.6) is 0 Å². The van der Waals surface area contributed by atoms with Crippen LogP contribution in [0.15, 0.2) is 0 Å². The van der Waals surface area contributed by atoms with Gasteiger partial charge in [0.2, 0.25) is 0 Å². The smallest absolute Gasteiger partial charge is 0.462 e. The first kappa shape index (κ1) is 15.3. The van der Waals surface area contributed by atoms with Gasteiger partial charge in [-0.3, -0.25) is 9.59 Å². The van der Waals surface area contributed by atoms with E-state index in [4.69, 9.17) is 18.8 Å². The van der Waals surface area contributed by atoms with Crippen LogP contribution in [-0.2, 0) is 28.4 Å². The topological polar surface area (TPSA) is 71.1 Å². The maximum atomic E-state index is 12.0. The average molecular weight is 284 g/mol. The Hall–Kier alpha value is -1.08. The zero-order valence-corrected chi connectivity index (χ0v) is 12.8. The highest BCUT2D eigenvalue weighted by molar-refractivity contribution is 6.51. The van der Waals surface area contributed by atoms with Gasteiger partial charge in [0.05, 0.1) is 25.4 Å². The molecule has 0 spiro atoms. The lowest BCUT2D eigenvalue weighted by Crippen LogP contribution is -2.41. The van der Waals surface area contributed by atoms with Crippen LogP contribution in [0, 0.1) is 5.41 Å². The summed E-state index contributed by atoms with van der Waals surface area (Å²) in [6.07, 6.45) is 0.323. The first-order chi connectivity index (χ1) is 9.12. The number of ether oxygens (including phenoxy) is 2. The maximum absolute atomic E-state index is 12.0. The fourth-order valence-corrected chi connectivity index (χ4v) is 2.59. The van der Waals surface area contributed by atoms with Crippen LogP contribution < -0.4 is 0 Å². The van der Waals surface area contributed by atoms with Gasteiger partial charge in [-0.25, -0.2) is 0 Å². The highest BCUT2D eigenvalue weighted by Crippen LogP contribution is 2.63. The van der Waals surface area contributed by atoms with Crippen LogP contribution in [-0.4, -0.2) is 44.5 Å². The summed E-state index contributed by atoms with van der Waals surface area (Å²) < 4.78 is 21.3. The van der Waals surface area contributed by atoms with E-state index in [1.165, 1.54) is 14.2 Å². The second kappa shape index (κ2) is 4.46. The summed E-state index contributed by atoms with van der Waals surface area (Å²) in [5.41, 5.74) is -2.29. The first-order valence-electron chi connectivity index (χ1n) is 6.65. The summed E-state index contributed by atoms with van der Waals surface area (Å²) >= 11 is 0. The van der Waals surface area contributed by atoms with Crippen molar-refractivity contribution in [1.29, 1.82) is 0 Å². The average Bonchev–Trinajstić information content (AvgIpc) is 3.07. The van der Waals surface area contributed by atoms with Crippen LogP contribution in [0.4, 0.5) is 0 Å². The highest BCUT2D eigenvalue weighted by atomic mass is 16.7. The van der Waals surface area contributed by atoms with Gasteiger partial charge in [-0.2, -0.15) is 0 Å². The molecule has 1 saturated carbocycles. The molecule has 0 unspecified atom stereocenters. The van der Waals surface area contributed by atoms with Crippen LogP contribution in [0.3, 0.4) is 0 Å². The van der Waals surface area contributed by atoms with E-state index < -0.39 is 35.7 Å². The van der Waals surface area contributed by atoms with Gasteiger partial charge >= 0.3 is 19.1 Å². The molecule has 0 radical (unpaired) electrons. The van der Waals surface area contributed by atoms with E-state index in [1.54, 1.807) is 0 Å². The standard InChI is InChI=1S/C13H21BO6/c1-11(2)12(3,4)20-14(19-11)8-7-13(8,9(15)17-5)10(16)18-6/h8H,7H2,1-6H3/t8-/m0/s1. The van der Waals surface area contributed by atoms with E-state index in [9.17, 15) is 9.59 Å². The van der Waals surface area contributed by atoms with Gasteiger partial charge in [-0.1, -0.05) is 0 Å². The van der Waals surface area contributed by atoms with Crippen molar-refractivity contribution < 1.29 is 28.4 Å². The molecule has 0 aromatic heterocycles. The van der Waals surface area contributed by atoms with Gasteiger partial charge < -0.3 is 18.8 Å². The first-order valence-corrected chi connectivity index (χ1v) is 6.65. The number of carbonyl (C=O) groups is 2. The number of methoxy groups -OCH3 is 2. The van der Waals surface area contributed by atoms with E-state index >= 15 is 0 Å². The van der Waals surface area contributed by atoms with Crippen molar-refractivity contribution in [2.24, 2.45) is 5.41 Å². The Kier molecular flexibility index (Phi) is 3.42. The van der Waals surface area contributed by atoms with E-state index in [1.807, 2.05) is 27.7 Å². The minimum Gasteiger partial charge on any atom is -0.468 e. The molecule has 2 rings (SSSR count). The summed E-state index contributed by atoms with van der Waals surface area (Å²) in [7, 11) is 1.90. The van der Waals surface area contributed by atoms with Crippen molar-refractivity contribution in [3.63, 3.8) is 0 Å². The van der Waals surface area contributed by atoms with Crippen molar-refractivity contribution in [3.8, 4) is 0 Å². The predicted molar refractivity (Wildman–Crippen MR) is 70.9 cm³/mol. The van der Waals surface area contributed by atoms with Crippen LogP contribution >= 0.6 is 0 Å². The molecule has 0 aromatic rings. The monoisotopic (exact) mass is 284 g/mol.